The lowest BCUT2D eigenvalue weighted by Crippen LogP contribution is -2.06. The second-order valence-corrected chi connectivity index (χ2v) is 7.46. The lowest BCUT2D eigenvalue weighted by Gasteiger charge is -2.19. The highest BCUT2D eigenvalue weighted by molar-refractivity contribution is 5.78. The molecule has 2 aliphatic carbocycles. The lowest BCUT2D eigenvalue weighted by molar-refractivity contribution is 0.517. The van der Waals surface area contributed by atoms with Crippen LogP contribution in [-0.2, 0) is 6.42 Å². The Morgan fingerprint density at radius 1 is 0.909 bits per heavy atom. The molecule has 0 saturated carbocycles. The Morgan fingerprint density at radius 3 is 2.45 bits per heavy atom. The first-order chi connectivity index (χ1) is 10.5. The first kappa shape index (κ1) is 13.6. The molecule has 0 spiro atoms. The molecule has 2 aromatic carbocycles. The molecule has 0 radical (unpaired) electrons. The zero-order chi connectivity index (χ0) is 15.3. The fourth-order valence-corrected chi connectivity index (χ4v) is 3.70. The van der Waals surface area contributed by atoms with Gasteiger partial charge in [0.15, 0.2) is 0 Å². The van der Waals surface area contributed by atoms with Crippen molar-refractivity contribution >= 4 is 0 Å². The summed E-state index contributed by atoms with van der Waals surface area (Å²) in [5, 5.41) is 0. The van der Waals surface area contributed by atoms with Gasteiger partial charge in [0.25, 0.3) is 0 Å². The largest absolute Gasteiger partial charge is 0.0729 e. The molecule has 1 unspecified atom stereocenters. The fourth-order valence-electron chi connectivity index (χ4n) is 3.70. The summed E-state index contributed by atoms with van der Waals surface area (Å²) in [7, 11) is 0. The summed E-state index contributed by atoms with van der Waals surface area (Å²) < 4.78 is 0. The number of benzene rings is 2. The Hall–Kier alpha value is -2.08. The van der Waals surface area contributed by atoms with E-state index in [9.17, 15) is 0 Å². The third kappa shape index (κ3) is 2.06. The zero-order valence-corrected chi connectivity index (χ0v) is 13.6. The number of fused-ring (bicyclic) bond motifs is 3. The van der Waals surface area contributed by atoms with Crippen LogP contribution in [0.3, 0.4) is 0 Å². The highest BCUT2D eigenvalue weighted by atomic mass is 14.3. The number of hydrogen-bond acceptors (Lipinski definition) is 0. The Labute approximate surface area is 133 Å². The van der Waals surface area contributed by atoms with Gasteiger partial charge < -0.3 is 0 Å². The topological polar surface area (TPSA) is 0 Å². The smallest absolute Gasteiger partial charge is 0.0210 e. The first-order valence-electron chi connectivity index (χ1n) is 8.14. The molecular formula is C22H22. The predicted molar refractivity (Wildman–Crippen MR) is 94.1 cm³/mol. The summed E-state index contributed by atoms with van der Waals surface area (Å²) in [6.07, 6.45) is 8.19. The molecule has 4 rings (SSSR count). The molecule has 0 fully saturated rings. The van der Waals surface area contributed by atoms with Gasteiger partial charge in [-0.25, -0.2) is 0 Å². The first-order valence-corrected chi connectivity index (χ1v) is 8.14. The second-order valence-electron chi connectivity index (χ2n) is 7.46. The van der Waals surface area contributed by atoms with Crippen LogP contribution in [0.25, 0.3) is 11.1 Å². The van der Waals surface area contributed by atoms with Crippen molar-refractivity contribution in [1.82, 2.24) is 0 Å². The molecule has 0 aromatic heterocycles. The van der Waals surface area contributed by atoms with E-state index in [2.05, 4.69) is 81.5 Å². The van der Waals surface area contributed by atoms with Crippen molar-refractivity contribution in [3.8, 4) is 11.1 Å². The van der Waals surface area contributed by atoms with Crippen LogP contribution in [0, 0.1) is 5.41 Å². The molecule has 110 valence electrons. The van der Waals surface area contributed by atoms with Crippen LogP contribution in [0.1, 0.15) is 43.4 Å². The van der Waals surface area contributed by atoms with Crippen molar-refractivity contribution in [3.05, 3.63) is 83.0 Å². The van der Waals surface area contributed by atoms with Crippen LogP contribution in [0.4, 0.5) is 0 Å². The maximum Gasteiger partial charge on any atom is 0.0210 e. The van der Waals surface area contributed by atoms with E-state index in [1.807, 2.05) is 0 Å². The Morgan fingerprint density at radius 2 is 1.68 bits per heavy atom. The molecule has 22 heavy (non-hydrogen) atoms. The molecular weight excluding hydrogens is 264 g/mol. The van der Waals surface area contributed by atoms with Crippen LogP contribution in [0.5, 0.6) is 0 Å². The van der Waals surface area contributed by atoms with Gasteiger partial charge in [0, 0.05) is 5.92 Å². The molecule has 0 aliphatic heterocycles. The molecule has 2 aromatic rings. The molecule has 0 heteroatoms. The van der Waals surface area contributed by atoms with Crippen LogP contribution in [-0.4, -0.2) is 0 Å². The zero-order valence-electron chi connectivity index (χ0n) is 13.6. The average Bonchev–Trinajstić information content (AvgIpc) is 3.11. The molecule has 0 bridgehead atoms. The summed E-state index contributed by atoms with van der Waals surface area (Å²) in [6.45, 7) is 6.87. The standard InChI is InChI=1S/C22H22/c1-22(2,3)17-12-11-16(13-17)19-9-6-10-20-18-8-5-4-7-15(18)14-21(19)20/h4-13,16H,14H2,1-3H3. The van der Waals surface area contributed by atoms with Crippen molar-refractivity contribution in [2.45, 2.75) is 33.1 Å². The van der Waals surface area contributed by atoms with Crippen molar-refractivity contribution < 1.29 is 0 Å². The third-order valence-corrected chi connectivity index (χ3v) is 4.95. The van der Waals surface area contributed by atoms with E-state index >= 15 is 0 Å². The highest BCUT2D eigenvalue weighted by Gasteiger charge is 2.26. The maximum atomic E-state index is 2.44. The van der Waals surface area contributed by atoms with E-state index in [1.54, 1.807) is 0 Å². The van der Waals surface area contributed by atoms with E-state index < -0.39 is 0 Å². The Kier molecular flexibility index (Phi) is 2.91. The average molecular weight is 286 g/mol. The van der Waals surface area contributed by atoms with E-state index in [-0.39, 0.29) is 5.41 Å². The molecule has 0 heterocycles. The maximum absolute atomic E-state index is 2.44. The second kappa shape index (κ2) is 4.71. The van der Waals surface area contributed by atoms with Crippen LogP contribution >= 0.6 is 0 Å². The summed E-state index contributed by atoms with van der Waals surface area (Å²) >= 11 is 0. The van der Waals surface area contributed by atoms with Gasteiger partial charge in [0.2, 0.25) is 0 Å². The van der Waals surface area contributed by atoms with E-state index in [0.29, 0.717) is 5.92 Å². The van der Waals surface area contributed by atoms with Gasteiger partial charge in [-0.2, -0.15) is 0 Å². The van der Waals surface area contributed by atoms with Gasteiger partial charge in [0.05, 0.1) is 0 Å². The number of hydrogen-bond donors (Lipinski definition) is 0. The van der Waals surface area contributed by atoms with Crippen molar-refractivity contribution in [2.24, 2.45) is 5.41 Å². The van der Waals surface area contributed by atoms with E-state index in [1.165, 1.54) is 33.4 Å². The van der Waals surface area contributed by atoms with Crippen molar-refractivity contribution in [3.63, 3.8) is 0 Å². The van der Waals surface area contributed by atoms with Gasteiger partial charge in [-0.3, -0.25) is 0 Å². The normalized spacial score (nSPS) is 19.0. The quantitative estimate of drug-likeness (QED) is 0.523. The van der Waals surface area contributed by atoms with Crippen LogP contribution in [0.15, 0.2) is 66.3 Å². The lowest BCUT2D eigenvalue weighted by atomic mass is 9.86. The van der Waals surface area contributed by atoms with Gasteiger partial charge in [-0.05, 0) is 45.2 Å². The molecule has 1 atom stereocenters. The molecule has 0 N–H and O–H groups in total. The Bertz CT molecular complexity index is 797. The monoisotopic (exact) mass is 286 g/mol. The summed E-state index contributed by atoms with van der Waals surface area (Å²) in [5.41, 5.74) is 8.98. The molecule has 0 saturated heterocycles. The van der Waals surface area contributed by atoms with Gasteiger partial charge in [-0.15, -0.1) is 0 Å². The third-order valence-electron chi connectivity index (χ3n) is 4.95. The minimum atomic E-state index is 0.228. The van der Waals surface area contributed by atoms with E-state index in [0.717, 1.165) is 6.42 Å². The fraction of sp³-hybridized carbons (Fsp3) is 0.273. The Balaban J connectivity index is 1.78. The minimum absolute atomic E-state index is 0.228. The minimum Gasteiger partial charge on any atom is -0.0729 e. The predicted octanol–water partition coefficient (Wildman–Crippen LogP) is 5.88. The number of rotatable bonds is 1. The van der Waals surface area contributed by atoms with E-state index in [4.69, 9.17) is 0 Å². The summed E-state index contributed by atoms with van der Waals surface area (Å²) in [6, 6.07) is 15.6. The highest BCUT2D eigenvalue weighted by Crippen LogP contribution is 2.43. The summed E-state index contributed by atoms with van der Waals surface area (Å²) in [5.74, 6) is 0.429. The van der Waals surface area contributed by atoms with Crippen molar-refractivity contribution in [1.29, 1.82) is 0 Å². The molecule has 0 nitrogen and oxygen atoms in total. The van der Waals surface area contributed by atoms with Gasteiger partial charge in [0.1, 0.15) is 0 Å². The number of allylic oxidation sites excluding steroid dienone is 4. The SMILES string of the molecule is CC(C)(C)C1=CC(c2cccc3c2Cc2ccccc2-3)C=C1. The molecule has 2 aliphatic rings. The van der Waals surface area contributed by atoms with Gasteiger partial charge in [-0.1, -0.05) is 81.5 Å². The van der Waals surface area contributed by atoms with Crippen molar-refractivity contribution in [2.75, 3.05) is 0 Å². The van der Waals surface area contributed by atoms with Crippen LogP contribution in [0.2, 0.25) is 0 Å². The van der Waals surface area contributed by atoms with Gasteiger partial charge >= 0.3 is 0 Å². The molecule has 0 amide bonds. The van der Waals surface area contributed by atoms with Crippen LogP contribution < -0.4 is 0 Å². The summed E-state index contributed by atoms with van der Waals surface area (Å²) in [4.78, 5) is 0.